The van der Waals surface area contributed by atoms with Crippen LogP contribution in [0.15, 0.2) is 54.6 Å². The highest BCUT2D eigenvalue weighted by Gasteiger charge is 2.14. The smallest absolute Gasteiger partial charge is 0.260 e. The molecule has 0 heterocycles. The summed E-state index contributed by atoms with van der Waals surface area (Å²) < 4.78 is 5.56. The molecule has 1 atom stereocenters. The highest BCUT2D eigenvalue weighted by molar-refractivity contribution is 5.80. The Kier molecular flexibility index (Phi) is 5.56. The molecule has 0 spiro atoms. The fourth-order valence-corrected chi connectivity index (χ4v) is 2.02. The van der Waals surface area contributed by atoms with E-state index in [-0.39, 0.29) is 5.91 Å². The number of hydrogen-bond acceptors (Lipinski definition) is 3. The van der Waals surface area contributed by atoms with Gasteiger partial charge in [-0.3, -0.25) is 4.79 Å². The van der Waals surface area contributed by atoms with Crippen molar-refractivity contribution in [1.29, 1.82) is 5.26 Å². The van der Waals surface area contributed by atoms with Crippen molar-refractivity contribution in [3.63, 3.8) is 0 Å². The molecule has 0 aromatic heterocycles. The van der Waals surface area contributed by atoms with Crippen molar-refractivity contribution in [1.82, 2.24) is 5.32 Å². The van der Waals surface area contributed by atoms with Gasteiger partial charge in [0.25, 0.3) is 5.91 Å². The summed E-state index contributed by atoms with van der Waals surface area (Å²) in [5.41, 5.74) is 1.69. The molecule has 112 valence electrons. The van der Waals surface area contributed by atoms with Gasteiger partial charge in [-0.2, -0.15) is 5.26 Å². The first-order valence-electron chi connectivity index (χ1n) is 7.17. The van der Waals surface area contributed by atoms with Gasteiger partial charge in [-0.25, -0.2) is 0 Å². The van der Waals surface area contributed by atoms with Gasteiger partial charge in [-0.1, -0.05) is 36.4 Å². The predicted octanol–water partition coefficient (Wildman–Crippen LogP) is 2.68. The molecule has 0 aliphatic rings. The third kappa shape index (κ3) is 4.64. The first-order chi connectivity index (χ1) is 10.7. The number of carbonyl (C=O) groups is 1. The number of amides is 1. The van der Waals surface area contributed by atoms with E-state index in [2.05, 4.69) is 5.32 Å². The number of nitrogens with zero attached hydrogens (tertiary/aromatic N) is 1. The quantitative estimate of drug-likeness (QED) is 0.891. The minimum atomic E-state index is -0.607. The largest absolute Gasteiger partial charge is 0.481 e. The molecule has 0 fully saturated rings. The van der Waals surface area contributed by atoms with Crippen LogP contribution in [0.2, 0.25) is 0 Å². The monoisotopic (exact) mass is 294 g/mol. The predicted molar refractivity (Wildman–Crippen MR) is 84.4 cm³/mol. The second-order valence-corrected chi connectivity index (χ2v) is 4.93. The molecule has 22 heavy (non-hydrogen) atoms. The molecule has 4 heteroatoms. The van der Waals surface area contributed by atoms with E-state index in [1.165, 1.54) is 5.56 Å². The summed E-state index contributed by atoms with van der Waals surface area (Å²) in [5, 5.41) is 11.7. The van der Waals surface area contributed by atoms with Crippen LogP contribution in [0, 0.1) is 11.3 Å². The van der Waals surface area contributed by atoms with Gasteiger partial charge in [-0.15, -0.1) is 0 Å². The Balaban J connectivity index is 1.80. The summed E-state index contributed by atoms with van der Waals surface area (Å²) in [6.07, 6.45) is 0.174. The molecule has 0 bridgehead atoms. The van der Waals surface area contributed by atoms with Crippen molar-refractivity contribution >= 4 is 5.91 Å². The fourth-order valence-electron chi connectivity index (χ4n) is 2.02. The maximum atomic E-state index is 12.0. The molecule has 2 aromatic carbocycles. The van der Waals surface area contributed by atoms with E-state index in [0.29, 0.717) is 17.9 Å². The minimum absolute atomic E-state index is 0.168. The Hall–Kier alpha value is -2.80. The van der Waals surface area contributed by atoms with Crippen molar-refractivity contribution in [2.45, 2.75) is 19.4 Å². The van der Waals surface area contributed by atoms with E-state index in [4.69, 9.17) is 10.00 Å². The molecular weight excluding hydrogens is 276 g/mol. The Labute approximate surface area is 130 Å². The third-order valence-electron chi connectivity index (χ3n) is 3.20. The van der Waals surface area contributed by atoms with Crippen LogP contribution in [0.4, 0.5) is 0 Å². The van der Waals surface area contributed by atoms with Crippen molar-refractivity contribution < 1.29 is 9.53 Å². The molecule has 4 nitrogen and oxygen atoms in total. The summed E-state index contributed by atoms with van der Waals surface area (Å²) in [6.45, 7) is 2.26. The summed E-state index contributed by atoms with van der Waals surface area (Å²) in [5.74, 6) is 0.350. The van der Waals surface area contributed by atoms with E-state index < -0.39 is 6.10 Å². The lowest BCUT2D eigenvalue weighted by Crippen LogP contribution is -2.37. The molecule has 2 rings (SSSR count). The molecule has 0 aliphatic carbocycles. The maximum absolute atomic E-state index is 12.0. The number of benzene rings is 2. The number of hydrogen-bond donors (Lipinski definition) is 1. The molecule has 0 saturated carbocycles. The number of carbonyl (C=O) groups excluding carboxylic acids is 1. The van der Waals surface area contributed by atoms with E-state index in [1.54, 1.807) is 31.2 Å². The zero-order chi connectivity index (χ0) is 15.8. The van der Waals surface area contributed by atoms with Crippen molar-refractivity contribution in [2.75, 3.05) is 6.54 Å². The first-order valence-corrected chi connectivity index (χ1v) is 7.17. The van der Waals surface area contributed by atoms with Crippen LogP contribution < -0.4 is 10.1 Å². The van der Waals surface area contributed by atoms with Crippen LogP contribution >= 0.6 is 0 Å². The van der Waals surface area contributed by atoms with Crippen LogP contribution in [0.5, 0.6) is 5.75 Å². The molecule has 1 N–H and O–H groups in total. The second-order valence-electron chi connectivity index (χ2n) is 4.93. The molecule has 1 amide bonds. The Morgan fingerprint density at radius 2 is 2.00 bits per heavy atom. The van der Waals surface area contributed by atoms with Crippen LogP contribution in [-0.4, -0.2) is 18.6 Å². The lowest BCUT2D eigenvalue weighted by molar-refractivity contribution is -0.127. The number of rotatable bonds is 6. The van der Waals surface area contributed by atoms with E-state index in [1.807, 2.05) is 36.4 Å². The fraction of sp³-hybridized carbons (Fsp3) is 0.222. The van der Waals surface area contributed by atoms with Gasteiger partial charge in [0.15, 0.2) is 6.10 Å². The maximum Gasteiger partial charge on any atom is 0.260 e. The van der Waals surface area contributed by atoms with Crippen LogP contribution in [-0.2, 0) is 11.2 Å². The number of nitrogens with one attached hydrogen (secondary N) is 1. The van der Waals surface area contributed by atoms with Gasteiger partial charge in [0.1, 0.15) is 5.75 Å². The summed E-state index contributed by atoms with van der Waals surface area (Å²) >= 11 is 0. The van der Waals surface area contributed by atoms with Gasteiger partial charge in [0, 0.05) is 6.54 Å². The van der Waals surface area contributed by atoms with Crippen LogP contribution in [0.1, 0.15) is 18.1 Å². The standard InChI is InChI=1S/C18H18N2O2/c1-14(22-17-9-5-8-16(12-17)13-19)18(21)20-11-10-15-6-3-2-4-7-15/h2-9,12,14H,10-11H2,1H3,(H,20,21)/t14-/m0/s1. The van der Waals surface area contributed by atoms with Gasteiger partial charge in [-0.05, 0) is 37.1 Å². The molecule has 2 aromatic rings. The van der Waals surface area contributed by atoms with Gasteiger partial charge in [0.2, 0.25) is 0 Å². The third-order valence-corrected chi connectivity index (χ3v) is 3.20. The Bertz CT molecular complexity index is 662. The molecule has 0 unspecified atom stereocenters. The summed E-state index contributed by atoms with van der Waals surface area (Å²) in [4.78, 5) is 12.0. The lowest BCUT2D eigenvalue weighted by atomic mass is 10.1. The zero-order valence-electron chi connectivity index (χ0n) is 12.5. The highest BCUT2D eigenvalue weighted by atomic mass is 16.5. The second kappa shape index (κ2) is 7.84. The van der Waals surface area contributed by atoms with Gasteiger partial charge >= 0.3 is 0 Å². The molecule has 0 radical (unpaired) electrons. The first kappa shape index (κ1) is 15.6. The SMILES string of the molecule is C[C@H](Oc1cccc(C#N)c1)C(=O)NCCc1ccccc1. The molecular formula is C18H18N2O2. The van der Waals surface area contributed by atoms with Crippen molar-refractivity contribution in [3.05, 3.63) is 65.7 Å². The average molecular weight is 294 g/mol. The van der Waals surface area contributed by atoms with Crippen LogP contribution in [0.25, 0.3) is 0 Å². The molecule has 0 saturated heterocycles. The van der Waals surface area contributed by atoms with E-state index in [9.17, 15) is 4.79 Å². The normalized spacial score (nSPS) is 11.3. The summed E-state index contributed by atoms with van der Waals surface area (Å²) in [6, 6.07) is 18.8. The van der Waals surface area contributed by atoms with Gasteiger partial charge in [0.05, 0.1) is 11.6 Å². The Morgan fingerprint density at radius 3 is 2.73 bits per heavy atom. The average Bonchev–Trinajstić information content (AvgIpc) is 2.56. The minimum Gasteiger partial charge on any atom is -0.481 e. The van der Waals surface area contributed by atoms with E-state index >= 15 is 0 Å². The Morgan fingerprint density at radius 1 is 1.23 bits per heavy atom. The zero-order valence-corrected chi connectivity index (χ0v) is 12.5. The summed E-state index contributed by atoms with van der Waals surface area (Å²) in [7, 11) is 0. The number of nitriles is 1. The van der Waals surface area contributed by atoms with Crippen molar-refractivity contribution in [3.8, 4) is 11.8 Å². The van der Waals surface area contributed by atoms with Crippen molar-refractivity contribution in [2.24, 2.45) is 0 Å². The number of ether oxygens (including phenoxy) is 1. The van der Waals surface area contributed by atoms with E-state index in [0.717, 1.165) is 6.42 Å². The molecule has 0 aliphatic heterocycles. The van der Waals surface area contributed by atoms with Gasteiger partial charge < -0.3 is 10.1 Å². The highest BCUT2D eigenvalue weighted by Crippen LogP contribution is 2.14. The topological polar surface area (TPSA) is 62.1 Å². The lowest BCUT2D eigenvalue weighted by Gasteiger charge is -2.14. The van der Waals surface area contributed by atoms with Crippen LogP contribution in [0.3, 0.4) is 0 Å².